The van der Waals surface area contributed by atoms with Crippen molar-refractivity contribution in [2.75, 3.05) is 0 Å². The number of carbonyl (C=O) groups excluding carboxylic acids is 1. The highest BCUT2D eigenvalue weighted by Crippen LogP contribution is 2.35. The maximum atomic E-state index is 11.3. The predicted octanol–water partition coefficient (Wildman–Crippen LogP) is 4.15. The van der Waals surface area contributed by atoms with Crippen molar-refractivity contribution in [1.82, 2.24) is 4.98 Å². The normalized spacial score (nSPS) is 10.6. The summed E-state index contributed by atoms with van der Waals surface area (Å²) in [5, 5.41) is 0.924. The van der Waals surface area contributed by atoms with Gasteiger partial charge in [0.1, 0.15) is 5.01 Å². The highest BCUT2D eigenvalue weighted by Gasteiger charge is 2.13. The molecule has 0 aliphatic carbocycles. The molecule has 0 fully saturated rings. The SMILES string of the molecule is CC(=O)c1sc(-c2ccc(Br)s2)nc1C. The quantitative estimate of drug-likeness (QED) is 0.780. The number of aromatic nitrogens is 1. The molecule has 2 nitrogen and oxygen atoms in total. The maximum Gasteiger partial charge on any atom is 0.171 e. The Hall–Kier alpha value is -0.520. The van der Waals surface area contributed by atoms with Gasteiger partial charge in [-0.05, 0) is 35.0 Å². The molecule has 0 amide bonds. The molecule has 2 aromatic rings. The Morgan fingerprint density at radius 2 is 2.13 bits per heavy atom. The number of thiazole rings is 1. The topological polar surface area (TPSA) is 30.0 Å². The minimum atomic E-state index is 0.0897. The van der Waals surface area contributed by atoms with E-state index >= 15 is 0 Å². The van der Waals surface area contributed by atoms with Gasteiger partial charge in [0.15, 0.2) is 5.78 Å². The summed E-state index contributed by atoms with van der Waals surface area (Å²) < 4.78 is 1.08. The maximum absolute atomic E-state index is 11.3. The number of ketones is 1. The highest BCUT2D eigenvalue weighted by molar-refractivity contribution is 9.11. The summed E-state index contributed by atoms with van der Waals surface area (Å²) in [6.07, 6.45) is 0. The van der Waals surface area contributed by atoms with Crippen LogP contribution < -0.4 is 0 Å². The van der Waals surface area contributed by atoms with Gasteiger partial charge in [-0.1, -0.05) is 0 Å². The Balaban J connectivity index is 2.46. The summed E-state index contributed by atoms with van der Waals surface area (Å²) in [5.74, 6) is 0.0897. The predicted molar refractivity (Wildman–Crippen MR) is 67.9 cm³/mol. The molecule has 2 heterocycles. The lowest BCUT2D eigenvalue weighted by Crippen LogP contribution is -1.89. The summed E-state index contributed by atoms with van der Waals surface area (Å²) in [4.78, 5) is 17.5. The van der Waals surface area contributed by atoms with Crippen LogP contribution in [0, 0.1) is 6.92 Å². The number of nitrogens with zero attached hydrogens (tertiary/aromatic N) is 1. The molecule has 78 valence electrons. The Kier molecular flexibility index (Phi) is 3.04. The van der Waals surface area contributed by atoms with Gasteiger partial charge < -0.3 is 0 Å². The highest BCUT2D eigenvalue weighted by atomic mass is 79.9. The number of hydrogen-bond acceptors (Lipinski definition) is 4. The van der Waals surface area contributed by atoms with Crippen LogP contribution in [0.25, 0.3) is 9.88 Å². The Bertz CT molecular complexity index is 515. The first-order valence-corrected chi connectivity index (χ1v) is 6.74. The molecule has 5 heteroatoms. The molecule has 0 atom stereocenters. The average Bonchev–Trinajstić information content (AvgIpc) is 2.71. The zero-order valence-corrected chi connectivity index (χ0v) is 11.4. The number of carbonyl (C=O) groups is 1. The van der Waals surface area contributed by atoms with Crippen molar-refractivity contribution in [1.29, 1.82) is 0 Å². The first-order valence-electron chi connectivity index (χ1n) is 4.32. The molecular weight excluding hydrogens is 294 g/mol. The molecule has 0 spiro atoms. The summed E-state index contributed by atoms with van der Waals surface area (Å²) in [6.45, 7) is 3.45. The van der Waals surface area contributed by atoms with Crippen LogP contribution in [-0.4, -0.2) is 10.8 Å². The fourth-order valence-electron chi connectivity index (χ4n) is 1.26. The number of rotatable bonds is 2. The minimum Gasteiger partial charge on any atom is -0.294 e. The van der Waals surface area contributed by atoms with E-state index < -0.39 is 0 Å². The number of Topliss-reactive ketones (excluding diaryl/α,β-unsaturated/α-hetero) is 1. The third-order valence-electron chi connectivity index (χ3n) is 1.90. The van der Waals surface area contributed by atoms with Crippen LogP contribution in [-0.2, 0) is 0 Å². The van der Waals surface area contributed by atoms with E-state index in [1.165, 1.54) is 11.3 Å². The van der Waals surface area contributed by atoms with E-state index in [9.17, 15) is 4.79 Å². The van der Waals surface area contributed by atoms with Crippen LogP contribution in [0.15, 0.2) is 15.9 Å². The number of aryl methyl sites for hydroxylation is 1. The summed E-state index contributed by atoms with van der Waals surface area (Å²) in [7, 11) is 0. The van der Waals surface area contributed by atoms with Crippen LogP contribution in [0.1, 0.15) is 22.3 Å². The standard InChI is InChI=1S/C10H8BrNOS2/c1-5-9(6(2)13)15-10(12-5)7-3-4-8(11)14-7/h3-4H,1-2H3. The van der Waals surface area contributed by atoms with Crippen molar-refractivity contribution in [2.24, 2.45) is 0 Å². The van der Waals surface area contributed by atoms with Gasteiger partial charge in [-0.2, -0.15) is 0 Å². The van der Waals surface area contributed by atoms with Crippen LogP contribution >= 0.6 is 38.6 Å². The molecule has 0 saturated heterocycles. The van der Waals surface area contributed by atoms with E-state index in [-0.39, 0.29) is 5.78 Å². The fraction of sp³-hybridized carbons (Fsp3) is 0.200. The van der Waals surface area contributed by atoms with Crippen molar-refractivity contribution in [3.8, 4) is 9.88 Å². The summed E-state index contributed by atoms with van der Waals surface area (Å²) in [6, 6.07) is 4.00. The largest absolute Gasteiger partial charge is 0.294 e. The van der Waals surface area contributed by atoms with Crippen LogP contribution in [0.5, 0.6) is 0 Å². The zero-order valence-electron chi connectivity index (χ0n) is 8.20. The lowest BCUT2D eigenvalue weighted by molar-refractivity contribution is 0.102. The lowest BCUT2D eigenvalue weighted by Gasteiger charge is -1.86. The van der Waals surface area contributed by atoms with Gasteiger partial charge in [0.2, 0.25) is 0 Å². The number of hydrogen-bond donors (Lipinski definition) is 0. The fourth-order valence-corrected chi connectivity index (χ4v) is 3.66. The van der Waals surface area contributed by atoms with Crippen molar-refractivity contribution in [2.45, 2.75) is 13.8 Å². The van der Waals surface area contributed by atoms with Gasteiger partial charge in [-0.15, -0.1) is 22.7 Å². The summed E-state index contributed by atoms with van der Waals surface area (Å²) in [5.41, 5.74) is 0.826. The molecular formula is C10H8BrNOS2. The smallest absolute Gasteiger partial charge is 0.171 e. The lowest BCUT2D eigenvalue weighted by atomic mass is 10.3. The van der Waals surface area contributed by atoms with E-state index in [4.69, 9.17) is 0 Å². The Labute approximate surface area is 104 Å². The molecule has 0 unspecified atom stereocenters. The van der Waals surface area contributed by atoms with Crippen molar-refractivity contribution in [3.05, 3.63) is 26.5 Å². The number of thiophene rings is 1. The second-order valence-electron chi connectivity index (χ2n) is 3.09. The first kappa shape index (κ1) is 11.0. The van der Waals surface area contributed by atoms with E-state index in [1.54, 1.807) is 18.3 Å². The molecule has 0 aromatic carbocycles. The average molecular weight is 302 g/mol. The molecule has 2 rings (SSSR count). The molecule has 0 aliphatic heterocycles. The van der Waals surface area contributed by atoms with Crippen molar-refractivity contribution in [3.63, 3.8) is 0 Å². The molecule has 0 N–H and O–H groups in total. The monoisotopic (exact) mass is 301 g/mol. The van der Waals surface area contributed by atoms with Crippen LogP contribution in [0.4, 0.5) is 0 Å². The second kappa shape index (κ2) is 4.15. The van der Waals surface area contributed by atoms with Crippen LogP contribution in [0.3, 0.4) is 0 Å². The molecule has 2 aromatic heterocycles. The van der Waals surface area contributed by atoms with E-state index in [1.807, 2.05) is 19.1 Å². The van der Waals surface area contributed by atoms with E-state index in [0.29, 0.717) is 0 Å². The third kappa shape index (κ3) is 2.19. The molecule has 0 aliphatic rings. The molecule has 0 bridgehead atoms. The van der Waals surface area contributed by atoms with Gasteiger partial charge in [-0.25, -0.2) is 4.98 Å². The third-order valence-corrected chi connectivity index (χ3v) is 4.95. The Morgan fingerprint density at radius 1 is 1.40 bits per heavy atom. The number of halogens is 1. The van der Waals surface area contributed by atoms with E-state index in [0.717, 1.165) is 24.2 Å². The van der Waals surface area contributed by atoms with Crippen molar-refractivity contribution < 1.29 is 4.79 Å². The van der Waals surface area contributed by atoms with Crippen molar-refractivity contribution >= 4 is 44.4 Å². The van der Waals surface area contributed by atoms with Gasteiger partial charge in [-0.3, -0.25) is 4.79 Å². The van der Waals surface area contributed by atoms with Gasteiger partial charge in [0.25, 0.3) is 0 Å². The van der Waals surface area contributed by atoms with Gasteiger partial charge in [0.05, 0.1) is 19.2 Å². The molecule has 15 heavy (non-hydrogen) atoms. The minimum absolute atomic E-state index is 0.0897. The van der Waals surface area contributed by atoms with Gasteiger partial charge >= 0.3 is 0 Å². The second-order valence-corrected chi connectivity index (χ2v) is 6.56. The van der Waals surface area contributed by atoms with E-state index in [2.05, 4.69) is 20.9 Å². The molecule has 0 radical (unpaired) electrons. The zero-order chi connectivity index (χ0) is 11.0. The Morgan fingerprint density at radius 3 is 2.60 bits per heavy atom. The van der Waals surface area contributed by atoms with Crippen LogP contribution in [0.2, 0.25) is 0 Å². The molecule has 0 saturated carbocycles. The summed E-state index contributed by atoms with van der Waals surface area (Å²) >= 11 is 6.50. The first-order chi connectivity index (χ1) is 7.08. The van der Waals surface area contributed by atoms with Gasteiger partial charge in [0, 0.05) is 6.92 Å².